The van der Waals surface area contributed by atoms with Crippen molar-refractivity contribution < 1.29 is 0 Å². The van der Waals surface area contributed by atoms with Crippen molar-refractivity contribution in [2.24, 2.45) is 16.1 Å². The highest BCUT2D eigenvalue weighted by molar-refractivity contribution is 5.10. The number of rotatable bonds is 4. The van der Waals surface area contributed by atoms with Gasteiger partial charge in [-0.25, -0.2) is 0 Å². The molecule has 0 spiro atoms. The Balaban J connectivity index is 4.34. The summed E-state index contributed by atoms with van der Waals surface area (Å²) in [6.07, 6.45) is 4.97. The SMILES string of the molecule is C=C/C=C(\N=N/C=C)C(C)C. The van der Waals surface area contributed by atoms with Crippen molar-refractivity contribution in [3.05, 3.63) is 37.2 Å². The number of allylic oxidation sites excluding steroid dienone is 3. The second-order valence-electron chi connectivity index (χ2n) is 2.38. The fourth-order valence-corrected chi connectivity index (χ4v) is 0.569. The largest absolute Gasteiger partial charge is 0.160 e. The van der Waals surface area contributed by atoms with Crippen molar-refractivity contribution >= 4 is 0 Å². The van der Waals surface area contributed by atoms with Crippen LogP contribution in [0.1, 0.15) is 13.8 Å². The van der Waals surface area contributed by atoms with E-state index in [1.165, 1.54) is 6.20 Å². The monoisotopic (exact) mass is 150 g/mol. The van der Waals surface area contributed by atoms with Gasteiger partial charge in [-0.1, -0.05) is 33.1 Å². The third-order valence-electron chi connectivity index (χ3n) is 1.13. The average molecular weight is 150 g/mol. The van der Waals surface area contributed by atoms with Crippen molar-refractivity contribution in [1.82, 2.24) is 0 Å². The van der Waals surface area contributed by atoms with Gasteiger partial charge in [0.15, 0.2) is 0 Å². The van der Waals surface area contributed by atoms with E-state index >= 15 is 0 Å². The Morgan fingerprint density at radius 3 is 2.36 bits per heavy atom. The minimum Gasteiger partial charge on any atom is -0.160 e. The zero-order valence-corrected chi connectivity index (χ0v) is 7.12. The van der Waals surface area contributed by atoms with Crippen LogP contribution in [0.15, 0.2) is 47.4 Å². The Bertz CT molecular complexity index is 188. The average Bonchev–Trinajstić information content (AvgIpc) is 1.97. The highest BCUT2D eigenvalue weighted by Crippen LogP contribution is 2.11. The van der Waals surface area contributed by atoms with Crippen LogP contribution in [0.4, 0.5) is 0 Å². The lowest BCUT2D eigenvalue weighted by molar-refractivity contribution is 0.742. The predicted octanol–water partition coefficient (Wildman–Crippen LogP) is 3.31. The molecule has 0 aromatic carbocycles. The molecule has 60 valence electrons. The maximum absolute atomic E-state index is 3.93. The fourth-order valence-electron chi connectivity index (χ4n) is 0.569. The van der Waals surface area contributed by atoms with Crippen LogP contribution in [0.5, 0.6) is 0 Å². The zero-order valence-electron chi connectivity index (χ0n) is 7.12. The third-order valence-corrected chi connectivity index (χ3v) is 1.13. The smallest absolute Gasteiger partial charge is 0.0655 e. The lowest BCUT2D eigenvalue weighted by atomic mass is 10.1. The van der Waals surface area contributed by atoms with Crippen LogP contribution in [-0.2, 0) is 0 Å². The Hall–Kier alpha value is -1.18. The topological polar surface area (TPSA) is 24.7 Å². The number of azo groups is 1. The molecule has 0 bridgehead atoms. The Kier molecular flexibility index (Phi) is 4.99. The van der Waals surface area contributed by atoms with Crippen LogP contribution in [0.3, 0.4) is 0 Å². The second-order valence-corrected chi connectivity index (χ2v) is 2.38. The van der Waals surface area contributed by atoms with Gasteiger partial charge in [0, 0.05) is 6.20 Å². The van der Waals surface area contributed by atoms with Crippen molar-refractivity contribution in [1.29, 1.82) is 0 Å². The molecular formula is C9H14N2. The van der Waals surface area contributed by atoms with Gasteiger partial charge in [-0.2, -0.15) is 10.2 Å². The first kappa shape index (κ1) is 9.82. The Labute approximate surface area is 68.0 Å². The second kappa shape index (κ2) is 5.59. The lowest BCUT2D eigenvalue weighted by Gasteiger charge is -2.01. The van der Waals surface area contributed by atoms with Gasteiger partial charge < -0.3 is 0 Å². The molecule has 0 radical (unpaired) electrons. The van der Waals surface area contributed by atoms with Gasteiger partial charge in [-0.15, -0.1) is 0 Å². The summed E-state index contributed by atoms with van der Waals surface area (Å²) < 4.78 is 0. The first-order valence-corrected chi connectivity index (χ1v) is 3.56. The van der Waals surface area contributed by atoms with E-state index in [4.69, 9.17) is 0 Å². The molecule has 0 amide bonds. The molecule has 0 saturated carbocycles. The normalized spacial score (nSPS) is 12.5. The van der Waals surface area contributed by atoms with E-state index in [9.17, 15) is 0 Å². The minimum atomic E-state index is 0.372. The van der Waals surface area contributed by atoms with Crippen LogP contribution in [0.25, 0.3) is 0 Å². The molecule has 11 heavy (non-hydrogen) atoms. The summed E-state index contributed by atoms with van der Waals surface area (Å²) in [5.74, 6) is 0.372. The molecule has 0 aliphatic carbocycles. The molecule has 0 heterocycles. The summed E-state index contributed by atoms with van der Waals surface area (Å²) in [5, 5.41) is 7.61. The van der Waals surface area contributed by atoms with Gasteiger partial charge >= 0.3 is 0 Å². The summed E-state index contributed by atoms with van der Waals surface area (Å²) in [6.45, 7) is 11.1. The lowest BCUT2D eigenvalue weighted by Crippen LogP contribution is -1.88. The first-order valence-electron chi connectivity index (χ1n) is 3.56. The van der Waals surface area contributed by atoms with E-state index in [0.29, 0.717) is 5.92 Å². The minimum absolute atomic E-state index is 0.372. The maximum Gasteiger partial charge on any atom is 0.0655 e. The third kappa shape index (κ3) is 4.25. The molecular weight excluding hydrogens is 136 g/mol. The van der Waals surface area contributed by atoms with Crippen LogP contribution >= 0.6 is 0 Å². The molecule has 0 rings (SSSR count). The number of hydrogen-bond acceptors (Lipinski definition) is 2. The fraction of sp³-hybridized carbons (Fsp3) is 0.333. The molecule has 2 heteroatoms. The van der Waals surface area contributed by atoms with Crippen molar-refractivity contribution in [2.45, 2.75) is 13.8 Å². The van der Waals surface area contributed by atoms with Crippen LogP contribution in [0.2, 0.25) is 0 Å². The summed E-state index contributed by atoms with van der Waals surface area (Å²) in [5.41, 5.74) is 0.917. The summed E-state index contributed by atoms with van der Waals surface area (Å²) in [7, 11) is 0. The number of nitrogens with zero attached hydrogens (tertiary/aromatic N) is 2. The molecule has 0 aliphatic rings. The van der Waals surface area contributed by atoms with Crippen LogP contribution in [0, 0.1) is 5.92 Å². The summed E-state index contributed by atoms with van der Waals surface area (Å²) in [4.78, 5) is 0. The van der Waals surface area contributed by atoms with Gasteiger partial charge in [-0.05, 0) is 12.0 Å². The van der Waals surface area contributed by atoms with Gasteiger partial charge in [0.05, 0.1) is 5.70 Å². The van der Waals surface area contributed by atoms with E-state index in [0.717, 1.165) is 5.70 Å². The standard InChI is InChI=1S/C9H14N2/c1-5-7-9(8(3)4)11-10-6-2/h5-8H,1-2H2,3-4H3/b9-7-,11-10-. The van der Waals surface area contributed by atoms with E-state index in [1.807, 2.05) is 6.08 Å². The number of hydrogen-bond donors (Lipinski definition) is 0. The van der Waals surface area contributed by atoms with Crippen molar-refractivity contribution in [2.75, 3.05) is 0 Å². The highest BCUT2D eigenvalue weighted by atomic mass is 15.1. The van der Waals surface area contributed by atoms with Crippen LogP contribution < -0.4 is 0 Å². The quantitative estimate of drug-likeness (QED) is 0.434. The summed E-state index contributed by atoms with van der Waals surface area (Å²) in [6, 6.07) is 0. The van der Waals surface area contributed by atoms with E-state index in [-0.39, 0.29) is 0 Å². The van der Waals surface area contributed by atoms with E-state index in [1.54, 1.807) is 6.08 Å². The van der Waals surface area contributed by atoms with Crippen molar-refractivity contribution in [3.8, 4) is 0 Å². The summed E-state index contributed by atoms with van der Waals surface area (Å²) >= 11 is 0. The van der Waals surface area contributed by atoms with Gasteiger partial charge in [0.1, 0.15) is 0 Å². The maximum atomic E-state index is 3.93. The van der Waals surface area contributed by atoms with Gasteiger partial charge in [0.2, 0.25) is 0 Å². The molecule has 0 aromatic rings. The van der Waals surface area contributed by atoms with Gasteiger partial charge in [-0.3, -0.25) is 0 Å². The molecule has 2 nitrogen and oxygen atoms in total. The van der Waals surface area contributed by atoms with Crippen molar-refractivity contribution in [3.63, 3.8) is 0 Å². The molecule has 0 N–H and O–H groups in total. The Morgan fingerprint density at radius 2 is 2.00 bits per heavy atom. The molecule has 0 saturated heterocycles. The zero-order chi connectivity index (χ0) is 8.69. The Morgan fingerprint density at radius 1 is 1.36 bits per heavy atom. The first-order chi connectivity index (χ1) is 5.22. The molecule has 0 aliphatic heterocycles. The van der Waals surface area contributed by atoms with Gasteiger partial charge in [0.25, 0.3) is 0 Å². The molecule has 0 fully saturated rings. The van der Waals surface area contributed by atoms with E-state index in [2.05, 4.69) is 37.2 Å². The van der Waals surface area contributed by atoms with E-state index < -0.39 is 0 Å². The highest BCUT2D eigenvalue weighted by Gasteiger charge is 1.98. The predicted molar refractivity (Wildman–Crippen MR) is 48.2 cm³/mol. The van der Waals surface area contributed by atoms with Crippen LogP contribution in [-0.4, -0.2) is 0 Å². The molecule has 0 atom stereocenters. The molecule has 0 aromatic heterocycles. The molecule has 0 unspecified atom stereocenters.